The van der Waals surface area contributed by atoms with Gasteiger partial charge in [0.2, 0.25) is 0 Å². The average molecular weight is 191 g/mol. The standard InChI is InChI=1S/CH4N2O.H3N.H2O3S2/c2-1(3)4;;1-5(2,3)4/h(H4,2,3,4);1H3;(H2,1,2,3,4). The van der Waals surface area contributed by atoms with Crippen LogP contribution in [0.5, 0.6) is 0 Å². The van der Waals surface area contributed by atoms with Crippen LogP contribution in [-0.2, 0) is 20.2 Å². The number of rotatable bonds is 0. The third-order valence-corrected chi connectivity index (χ3v) is 0. The van der Waals surface area contributed by atoms with E-state index in [2.05, 4.69) is 22.7 Å². The number of nitrogens with two attached hydrogens (primary N) is 2. The Balaban J connectivity index is -0.0000000910. The van der Waals surface area contributed by atoms with Crippen molar-refractivity contribution in [1.82, 2.24) is 6.15 Å². The first kappa shape index (κ1) is 16.3. The van der Waals surface area contributed by atoms with Crippen LogP contribution >= 0.6 is 0 Å². The topological polar surface area (TPSA) is 162 Å². The molecule has 9 heteroatoms. The van der Waals surface area contributed by atoms with Crippen molar-refractivity contribution >= 4 is 26.3 Å². The Morgan fingerprint density at radius 1 is 1.40 bits per heavy atom. The average Bonchev–Trinajstić information content (AvgIpc) is 1.19. The minimum absolute atomic E-state index is 0. The Morgan fingerprint density at radius 2 is 1.40 bits per heavy atom. The summed E-state index contributed by atoms with van der Waals surface area (Å²) in [5.41, 5.74) is 8.50. The van der Waals surface area contributed by atoms with E-state index in [9.17, 15) is 0 Å². The molecular weight excluding hydrogens is 182 g/mol. The summed E-state index contributed by atoms with van der Waals surface area (Å²) in [5.74, 6) is 0. The summed E-state index contributed by atoms with van der Waals surface area (Å²) in [5, 5.41) is 0. The van der Waals surface area contributed by atoms with Gasteiger partial charge in [0.05, 0.1) is 0 Å². The Kier molecular flexibility index (Phi) is 10.8. The zero-order valence-electron chi connectivity index (χ0n) is 4.89. The van der Waals surface area contributed by atoms with Gasteiger partial charge in [-0.25, -0.2) is 4.79 Å². The molecule has 7 nitrogen and oxygen atoms in total. The molecule has 0 atom stereocenters. The molecule has 0 fully saturated rings. The molecule has 0 aliphatic heterocycles. The fourth-order valence-electron chi connectivity index (χ4n) is 0. The van der Waals surface area contributed by atoms with Gasteiger partial charge >= 0.3 is 6.03 Å². The monoisotopic (exact) mass is 191 g/mol. The van der Waals surface area contributed by atoms with E-state index in [0.29, 0.717) is 0 Å². The maximum absolute atomic E-state index is 9.11. The Morgan fingerprint density at radius 3 is 1.40 bits per heavy atom. The Bertz CT molecular complexity index is 161. The summed E-state index contributed by atoms with van der Waals surface area (Å²) in [6, 6.07) is -0.833. The van der Waals surface area contributed by atoms with E-state index in [1.165, 1.54) is 0 Å². The molecule has 0 saturated heterocycles. The molecule has 0 aliphatic carbocycles. The van der Waals surface area contributed by atoms with E-state index >= 15 is 0 Å². The molecule has 0 aromatic rings. The van der Waals surface area contributed by atoms with E-state index in [1.54, 1.807) is 0 Å². The molecule has 0 aromatic carbocycles. The van der Waals surface area contributed by atoms with Crippen molar-refractivity contribution in [3.63, 3.8) is 0 Å². The lowest BCUT2D eigenvalue weighted by molar-refractivity contribution is 0.256. The van der Waals surface area contributed by atoms with Crippen LogP contribution in [0, 0.1) is 0 Å². The van der Waals surface area contributed by atoms with Crippen molar-refractivity contribution in [3.8, 4) is 0 Å². The van der Waals surface area contributed by atoms with Gasteiger partial charge in [0, 0.05) is 11.2 Å². The normalized spacial score (nSPS) is 8.20. The molecule has 0 aromatic heterocycles. The summed E-state index contributed by atoms with van der Waals surface area (Å²) < 4.78 is 24.0. The maximum atomic E-state index is 9.11. The lowest BCUT2D eigenvalue weighted by Crippen LogP contribution is -2.18. The molecular formula is CH9N3O4S2. The highest BCUT2D eigenvalue weighted by Crippen LogP contribution is 1.62. The van der Waals surface area contributed by atoms with Gasteiger partial charge in [0.25, 0.3) is 9.05 Å². The van der Waals surface area contributed by atoms with E-state index < -0.39 is 15.1 Å². The van der Waals surface area contributed by atoms with Crippen LogP contribution in [0.25, 0.3) is 0 Å². The van der Waals surface area contributed by atoms with Gasteiger partial charge in [-0.1, -0.05) is 0 Å². The molecule has 0 aliphatic rings. The minimum Gasteiger partial charge on any atom is -0.352 e. The van der Waals surface area contributed by atoms with Crippen molar-refractivity contribution in [1.29, 1.82) is 0 Å². The molecule has 0 rings (SSSR count). The Labute approximate surface area is 62.7 Å². The Hall–Kier alpha value is -0.480. The van der Waals surface area contributed by atoms with Crippen molar-refractivity contribution in [2.24, 2.45) is 11.5 Å². The van der Waals surface area contributed by atoms with E-state index in [4.69, 9.17) is 18.1 Å². The summed E-state index contributed by atoms with van der Waals surface area (Å²) in [6.07, 6.45) is 0. The zero-order valence-corrected chi connectivity index (χ0v) is 6.52. The fourth-order valence-corrected chi connectivity index (χ4v) is 0. The number of urea groups is 1. The van der Waals surface area contributed by atoms with Gasteiger partial charge in [-0.2, -0.15) is 4.21 Å². The minimum atomic E-state index is -3.83. The van der Waals surface area contributed by atoms with Crippen LogP contribution in [0.15, 0.2) is 0 Å². The van der Waals surface area contributed by atoms with Crippen LogP contribution in [0.3, 0.4) is 0 Å². The summed E-state index contributed by atoms with van der Waals surface area (Å²) in [7, 11) is -3.83. The van der Waals surface area contributed by atoms with Crippen molar-refractivity contribution in [2.45, 2.75) is 0 Å². The van der Waals surface area contributed by atoms with Gasteiger partial charge in [0.15, 0.2) is 0 Å². The number of carbonyl (C=O) groups is 1. The lowest BCUT2D eigenvalue weighted by atomic mass is 11.2. The predicted octanol–water partition coefficient (Wildman–Crippen LogP) is -1.14. The summed E-state index contributed by atoms with van der Waals surface area (Å²) in [4.78, 5) is 9.00. The van der Waals surface area contributed by atoms with Gasteiger partial charge < -0.3 is 17.6 Å². The first-order valence-corrected chi connectivity index (χ1v) is 3.88. The molecule has 64 valence electrons. The van der Waals surface area contributed by atoms with Crippen LogP contribution in [0.4, 0.5) is 4.79 Å². The van der Waals surface area contributed by atoms with E-state index in [-0.39, 0.29) is 6.15 Å². The first-order valence-electron chi connectivity index (χ1n) is 1.48. The van der Waals surface area contributed by atoms with Gasteiger partial charge in [-0.3, -0.25) is 9.11 Å². The summed E-state index contributed by atoms with van der Waals surface area (Å²) >= 11 is 3.47. The molecule has 0 heterocycles. The molecule has 2 amide bonds. The second-order valence-electron chi connectivity index (χ2n) is 0.850. The van der Waals surface area contributed by atoms with Crippen LogP contribution in [0.2, 0.25) is 0 Å². The third kappa shape index (κ3) is 1390. The summed E-state index contributed by atoms with van der Waals surface area (Å²) in [6.45, 7) is 0. The smallest absolute Gasteiger partial charge is 0.309 e. The second kappa shape index (κ2) is 6.64. The zero-order chi connectivity index (χ0) is 8.08. The quantitative estimate of drug-likeness (QED) is 0.325. The molecule has 0 radical (unpaired) electrons. The molecule has 0 unspecified atom stereocenters. The number of hydrogen-bond donors (Lipinski definition) is 5. The molecule has 0 saturated carbocycles. The highest BCUT2D eigenvalue weighted by atomic mass is 32.9. The van der Waals surface area contributed by atoms with E-state index in [0.717, 1.165) is 0 Å². The SMILES string of the molecule is N.NC(N)=O.O=S(O)(O)=S. The van der Waals surface area contributed by atoms with E-state index in [1.807, 2.05) is 0 Å². The van der Waals surface area contributed by atoms with Gasteiger partial charge in [-0.05, 0) is 0 Å². The van der Waals surface area contributed by atoms with Crippen LogP contribution in [0.1, 0.15) is 0 Å². The largest absolute Gasteiger partial charge is 0.352 e. The molecule has 0 bridgehead atoms. The van der Waals surface area contributed by atoms with Gasteiger partial charge in [-0.15, -0.1) is 0 Å². The predicted molar refractivity (Wildman–Crippen MR) is 39.6 cm³/mol. The highest BCUT2D eigenvalue weighted by Gasteiger charge is 1.78. The third-order valence-electron chi connectivity index (χ3n) is 0. The van der Waals surface area contributed by atoms with Crippen molar-refractivity contribution in [2.75, 3.05) is 0 Å². The maximum Gasteiger partial charge on any atom is 0.309 e. The molecule has 0 spiro atoms. The lowest BCUT2D eigenvalue weighted by Gasteiger charge is -1.73. The van der Waals surface area contributed by atoms with Crippen LogP contribution in [-0.4, -0.2) is 19.3 Å². The number of amides is 2. The molecule has 10 heavy (non-hydrogen) atoms. The van der Waals surface area contributed by atoms with Crippen molar-refractivity contribution < 1.29 is 18.1 Å². The highest BCUT2D eigenvalue weighted by molar-refractivity contribution is 8.26. The molecule has 9 N–H and O–H groups in total. The number of carbonyl (C=O) groups excluding carboxylic acids is 1. The second-order valence-corrected chi connectivity index (χ2v) is 3.05. The number of primary amides is 2. The van der Waals surface area contributed by atoms with Crippen LogP contribution < -0.4 is 17.6 Å². The van der Waals surface area contributed by atoms with Gasteiger partial charge in [0.1, 0.15) is 0 Å². The van der Waals surface area contributed by atoms with Crippen molar-refractivity contribution in [3.05, 3.63) is 0 Å². The fraction of sp³-hybridized carbons (Fsp3) is 0. The number of hydrogen-bond acceptors (Lipinski definition) is 4. The first-order chi connectivity index (χ1) is 3.73.